The molecule has 0 aromatic rings. The van der Waals surface area contributed by atoms with Gasteiger partial charge >= 0.3 is 0 Å². The SMILES string of the molecule is CC(C)C(N)C(=O)N(CCO)CC(F)F. The van der Waals surface area contributed by atoms with Crippen LogP contribution in [0.2, 0.25) is 0 Å². The highest BCUT2D eigenvalue weighted by molar-refractivity contribution is 5.81. The topological polar surface area (TPSA) is 66.6 Å². The van der Waals surface area contributed by atoms with Crippen molar-refractivity contribution in [1.29, 1.82) is 0 Å². The van der Waals surface area contributed by atoms with Gasteiger partial charge in [0.25, 0.3) is 6.43 Å². The number of amides is 1. The third-order valence-corrected chi connectivity index (χ3v) is 2.04. The Kier molecular flexibility index (Phi) is 6.35. The second kappa shape index (κ2) is 6.68. The Hall–Kier alpha value is -0.750. The molecule has 90 valence electrons. The summed E-state index contributed by atoms with van der Waals surface area (Å²) in [5.74, 6) is -0.657. The van der Waals surface area contributed by atoms with E-state index in [4.69, 9.17) is 10.8 Å². The van der Waals surface area contributed by atoms with Gasteiger partial charge in [0.05, 0.1) is 19.2 Å². The molecule has 0 saturated heterocycles. The van der Waals surface area contributed by atoms with Crippen molar-refractivity contribution in [2.24, 2.45) is 11.7 Å². The van der Waals surface area contributed by atoms with E-state index in [0.717, 1.165) is 4.90 Å². The highest BCUT2D eigenvalue weighted by Gasteiger charge is 2.25. The molecular weight excluding hydrogens is 206 g/mol. The molecule has 0 aromatic carbocycles. The molecule has 4 nitrogen and oxygen atoms in total. The predicted octanol–water partition coefficient (Wildman–Crippen LogP) is 0.0557. The maximum atomic E-state index is 12.1. The van der Waals surface area contributed by atoms with Gasteiger partial charge < -0.3 is 15.7 Å². The third-order valence-electron chi connectivity index (χ3n) is 2.04. The van der Waals surface area contributed by atoms with Crippen LogP contribution in [0, 0.1) is 5.92 Å². The standard InChI is InChI=1S/C9H18F2N2O2/c1-6(2)8(12)9(15)13(3-4-14)5-7(10)11/h6-8,14H,3-5,12H2,1-2H3. The second-order valence-electron chi connectivity index (χ2n) is 3.67. The van der Waals surface area contributed by atoms with Crippen molar-refractivity contribution in [2.45, 2.75) is 26.3 Å². The Labute approximate surface area is 88.0 Å². The Morgan fingerprint density at radius 1 is 1.47 bits per heavy atom. The zero-order valence-electron chi connectivity index (χ0n) is 8.99. The molecule has 3 N–H and O–H groups in total. The van der Waals surface area contributed by atoms with E-state index in [0.29, 0.717) is 0 Å². The number of halogens is 2. The minimum atomic E-state index is -2.61. The van der Waals surface area contributed by atoms with Gasteiger partial charge in [-0.05, 0) is 5.92 Å². The number of aliphatic hydroxyl groups is 1. The van der Waals surface area contributed by atoms with Crippen molar-refractivity contribution >= 4 is 5.91 Å². The number of hydrogen-bond acceptors (Lipinski definition) is 3. The third kappa shape index (κ3) is 5.03. The molecule has 1 unspecified atom stereocenters. The van der Waals surface area contributed by atoms with Crippen LogP contribution in [0.15, 0.2) is 0 Å². The largest absolute Gasteiger partial charge is 0.395 e. The Morgan fingerprint density at radius 2 is 2.00 bits per heavy atom. The van der Waals surface area contributed by atoms with Gasteiger partial charge in [-0.1, -0.05) is 13.8 Å². The summed E-state index contributed by atoms with van der Waals surface area (Å²) >= 11 is 0. The quantitative estimate of drug-likeness (QED) is 0.670. The molecule has 15 heavy (non-hydrogen) atoms. The van der Waals surface area contributed by atoms with Crippen molar-refractivity contribution in [1.82, 2.24) is 4.90 Å². The van der Waals surface area contributed by atoms with Crippen LogP contribution in [0.25, 0.3) is 0 Å². The summed E-state index contributed by atoms with van der Waals surface area (Å²) < 4.78 is 24.2. The van der Waals surface area contributed by atoms with E-state index in [1.807, 2.05) is 0 Å². The molecule has 0 fully saturated rings. The summed E-state index contributed by atoms with van der Waals surface area (Å²) in [5.41, 5.74) is 5.55. The summed E-state index contributed by atoms with van der Waals surface area (Å²) in [6.07, 6.45) is -2.61. The number of alkyl halides is 2. The maximum absolute atomic E-state index is 12.1. The molecule has 1 atom stereocenters. The van der Waals surface area contributed by atoms with Gasteiger partial charge in [-0.25, -0.2) is 8.78 Å². The highest BCUT2D eigenvalue weighted by Crippen LogP contribution is 2.06. The molecular formula is C9H18F2N2O2. The number of hydrogen-bond donors (Lipinski definition) is 2. The van der Waals surface area contributed by atoms with Gasteiger partial charge in [0.15, 0.2) is 0 Å². The first-order valence-electron chi connectivity index (χ1n) is 4.83. The summed E-state index contributed by atoms with van der Waals surface area (Å²) in [6.45, 7) is 2.34. The predicted molar refractivity (Wildman–Crippen MR) is 52.5 cm³/mol. The second-order valence-corrected chi connectivity index (χ2v) is 3.67. The summed E-state index contributed by atoms with van der Waals surface area (Å²) in [7, 11) is 0. The Balaban J connectivity index is 4.40. The van der Waals surface area contributed by atoms with Crippen LogP contribution in [-0.4, -0.2) is 48.1 Å². The first kappa shape index (κ1) is 14.2. The molecule has 6 heteroatoms. The van der Waals surface area contributed by atoms with E-state index >= 15 is 0 Å². The van der Waals surface area contributed by atoms with Gasteiger partial charge in [-0.2, -0.15) is 0 Å². The summed E-state index contributed by atoms with van der Waals surface area (Å²) in [5, 5.41) is 8.64. The van der Waals surface area contributed by atoms with E-state index in [9.17, 15) is 13.6 Å². The van der Waals surface area contributed by atoms with E-state index in [2.05, 4.69) is 0 Å². The van der Waals surface area contributed by atoms with Crippen LogP contribution < -0.4 is 5.73 Å². The fourth-order valence-corrected chi connectivity index (χ4v) is 1.07. The Morgan fingerprint density at radius 3 is 2.33 bits per heavy atom. The van der Waals surface area contributed by atoms with E-state index in [1.165, 1.54) is 0 Å². The number of nitrogens with two attached hydrogens (primary N) is 1. The number of carbonyl (C=O) groups is 1. The van der Waals surface area contributed by atoms with Gasteiger partial charge in [0, 0.05) is 6.54 Å². The molecule has 0 radical (unpaired) electrons. The lowest BCUT2D eigenvalue weighted by atomic mass is 10.0. The van der Waals surface area contributed by atoms with Crippen molar-refractivity contribution < 1.29 is 18.7 Å². The molecule has 0 spiro atoms. The van der Waals surface area contributed by atoms with Crippen LogP contribution in [-0.2, 0) is 4.79 Å². The molecule has 0 saturated carbocycles. The van der Waals surface area contributed by atoms with Gasteiger partial charge in [-0.15, -0.1) is 0 Å². The van der Waals surface area contributed by atoms with Gasteiger partial charge in [0.2, 0.25) is 5.91 Å². The fraction of sp³-hybridized carbons (Fsp3) is 0.889. The van der Waals surface area contributed by atoms with Gasteiger partial charge in [0.1, 0.15) is 0 Å². The minimum Gasteiger partial charge on any atom is -0.395 e. The number of rotatable bonds is 6. The molecule has 0 bridgehead atoms. The fourth-order valence-electron chi connectivity index (χ4n) is 1.07. The van der Waals surface area contributed by atoms with Crippen molar-refractivity contribution in [3.63, 3.8) is 0 Å². The number of carbonyl (C=O) groups excluding carboxylic acids is 1. The average molecular weight is 224 g/mol. The monoisotopic (exact) mass is 224 g/mol. The number of nitrogens with zero attached hydrogens (tertiary/aromatic N) is 1. The molecule has 1 amide bonds. The molecule has 0 aliphatic rings. The van der Waals surface area contributed by atoms with Crippen molar-refractivity contribution in [2.75, 3.05) is 19.7 Å². The van der Waals surface area contributed by atoms with Crippen LogP contribution in [0.4, 0.5) is 8.78 Å². The zero-order valence-corrected chi connectivity index (χ0v) is 8.99. The van der Waals surface area contributed by atoms with Crippen molar-refractivity contribution in [3.05, 3.63) is 0 Å². The highest BCUT2D eigenvalue weighted by atomic mass is 19.3. The van der Waals surface area contributed by atoms with E-state index in [1.54, 1.807) is 13.8 Å². The van der Waals surface area contributed by atoms with Crippen molar-refractivity contribution in [3.8, 4) is 0 Å². The maximum Gasteiger partial charge on any atom is 0.255 e. The zero-order chi connectivity index (χ0) is 12.0. The number of aliphatic hydroxyl groups excluding tert-OH is 1. The lowest BCUT2D eigenvalue weighted by molar-refractivity contribution is -0.136. The summed E-state index contributed by atoms with van der Waals surface area (Å²) in [4.78, 5) is 12.5. The van der Waals surface area contributed by atoms with Crippen LogP contribution >= 0.6 is 0 Å². The lowest BCUT2D eigenvalue weighted by Crippen LogP contribution is -2.48. The molecule has 0 aromatic heterocycles. The normalized spacial score (nSPS) is 13.3. The Bertz CT molecular complexity index is 201. The average Bonchev–Trinajstić information content (AvgIpc) is 2.14. The molecule has 0 rings (SSSR count). The summed E-state index contributed by atoms with van der Waals surface area (Å²) in [6, 6.07) is -0.796. The molecule has 0 aliphatic heterocycles. The minimum absolute atomic E-state index is 0.108. The van der Waals surface area contributed by atoms with E-state index < -0.39 is 24.9 Å². The van der Waals surface area contributed by atoms with Crippen LogP contribution in [0.5, 0.6) is 0 Å². The molecule has 0 heterocycles. The van der Waals surface area contributed by atoms with E-state index in [-0.39, 0.29) is 19.1 Å². The lowest BCUT2D eigenvalue weighted by Gasteiger charge is -2.26. The van der Waals surface area contributed by atoms with Gasteiger partial charge in [-0.3, -0.25) is 4.79 Å². The first-order valence-corrected chi connectivity index (χ1v) is 4.83. The smallest absolute Gasteiger partial charge is 0.255 e. The molecule has 0 aliphatic carbocycles. The van der Waals surface area contributed by atoms with Crippen LogP contribution in [0.1, 0.15) is 13.8 Å². The van der Waals surface area contributed by atoms with Crippen LogP contribution in [0.3, 0.4) is 0 Å². The first-order chi connectivity index (χ1) is 6.90.